The summed E-state index contributed by atoms with van der Waals surface area (Å²) in [7, 11) is 0. The van der Waals surface area contributed by atoms with E-state index < -0.39 is 0 Å². The maximum atomic E-state index is 6.34. The second-order valence-electron chi connectivity index (χ2n) is 5.05. The van der Waals surface area contributed by atoms with Gasteiger partial charge in [0.2, 0.25) is 0 Å². The lowest BCUT2D eigenvalue weighted by Gasteiger charge is -2.23. The minimum atomic E-state index is 0.495. The normalized spacial score (nSPS) is 19.9. The number of fused-ring (bicyclic) bond motifs is 1. The van der Waals surface area contributed by atoms with Gasteiger partial charge in [0.1, 0.15) is 0 Å². The average molecular weight is 252 g/mol. The average Bonchev–Trinajstić information content (AvgIpc) is 2.50. The lowest BCUT2D eigenvalue weighted by atomic mass is 9.91. The fourth-order valence-electron chi connectivity index (χ4n) is 3.00. The van der Waals surface area contributed by atoms with Gasteiger partial charge in [0.25, 0.3) is 0 Å². The molecule has 94 valence electrons. The van der Waals surface area contributed by atoms with E-state index in [4.69, 9.17) is 11.6 Å². The summed E-state index contributed by atoms with van der Waals surface area (Å²) in [5.41, 5.74) is 5.66. The number of aryl methyl sites for hydroxylation is 1. The first kappa shape index (κ1) is 12.9. The van der Waals surface area contributed by atoms with Crippen LogP contribution in [0.3, 0.4) is 0 Å². The first-order valence-corrected chi connectivity index (χ1v) is 7.04. The Labute approximate surface area is 110 Å². The zero-order chi connectivity index (χ0) is 12.4. The van der Waals surface area contributed by atoms with E-state index in [1.54, 1.807) is 0 Å². The number of nitrogens with one attached hydrogen (secondary N) is 1. The summed E-state index contributed by atoms with van der Waals surface area (Å²) in [6.07, 6.45) is 5.06. The molecule has 1 aliphatic carbocycles. The fraction of sp³-hybridized carbons (Fsp3) is 0.600. The van der Waals surface area contributed by atoms with Crippen molar-refractivity contribution in [2.45, 2.75) is 52.5 Å². The monoisotopic (exact) mass is 251 g/mol. The molecule has 0 radical (unpaired) electrons. The van der Waals surface area contributed by atoms with Gasteiger partial charge in [-0.2, -0.15) is 0 Å². The van der Waals surface area contributed by atoms with Crippen LogP contribution >= 0.6 is 11.6 Å². The molecule has 0 saturated heterocycles. The molecular weight excluding hydrogens is 230 g/mol. The first-order valence-electron chi connectivity index (χ1n) is 6.67. The minimum Gasteiger partial charge on any atom is -0.310 e. The predicted molar refractivity (Wildman–Crippen MR) is 74.9 cm³/mol. The summed E-state index contributed by atoms with van der Waals surface area (Å²) in [5, 5.41) is 4.54. The van der Waals surface area contributed by atoms with Gasteiger partial charge in [0.05, 0.1) is 0 Å². The molecule has 17 heavy (non-hydrogen) atoms. The smallest absolute Gasteiger partial charge is 0.0441 e. The van der Waals surface area contributed by atoms with Crippen molar-refractivity contribution >= 4 is 11.6 Å². The Kier molecular flexibility index (Phi) is 4.11. The van der Waals surface area contributed by atoms with Crippen molar-refractivity contribution in [1.29, 1.82) is 0 Å². The van der Waals surface area contributed by atoms with E-state index in [0.717, 1.165) is 11.6 Å². The molecule has 1 N–H and O–H groups in total. The Morgan fingerprint density at radius 3 is 2.82 bits per heavy atom. The SMILES string of the molecule is CCNC1CCCCc2c(C)cc(Cl)c(C)c21. The number of benzene rings is 1. The molecule has 0 saturated carbocycles. The van der Waals surface area contributed by atoms with Crippen LogP contribution < -0.4 is 5.32 Å². The standard InChI is InChI=1S/C15H22ClN/c1-4-17-14-8-6-5-7-12-10(2)9-13(16)11(3)15(12)14/h9,14,17H,4-8H2,1-3H3. The minimum absolute atomic E-state index is 0.495. The summed E-state index contributed by atoms with van der Waals surface area (Å²) in [6.45, 7) is 7.56. The maximum Gasteiger partial charge on any atom is 0.0441 e. The van der Waals surface area contributed by atoms with E-state index in [1.165, 1.54) is 47.9 Å². The Bertz CT molecular complexity index is 412. The van der Waals surface area contributed by atoms with Gasteiger partial charge in [-0.3, -0.25) is 0 Å². The summed E-state index contributed by atoms with van der Waals surface area (Å²) in [4.78, 5) is 0. The fourth-order valence-corrected chi connectivity index (χ4v) is 3.27. The van der Waals surface area contributed by atoms with Crippen molar-refractivity contribution in [2.24, 2.45) is 0 Å². The van der Waals surface area contributed by atoms with E-state index in [1.807, 2.05) is 0 Å². The van der Waals surface area contributed by atoms with Gasteiger partial charge in [-0.05, 0) is 68.0 Å². The second kappa shape index (κ2) is 5.41. The number of hydrogen-bond donors (Lipinski definition) is 1. The van der Waals surface area contributed by atoms with E-state index in [-0.39, 0.29) is 0 Å². The third kappa shape index (κ3) is 2.51. The van der Waals surface area contributed by atoms with E-state index in [0.29, 0.717) is 6.04 Å². The van der Waals surface area contributed by atoms with E-state index in [2.05, 4.69) is 32.2 Å². The summed E-state index contributed by atoms with van der Waals surface area (Å²) < 4.78 is 0. The third-order valence-corrected chi connectivity index (χ3v) is 4.27. The number of hydrogen-bond acceptors (Lipinski definition) is 1. The molecule has 2 rings (SSSR count). The molecule has 1 aromatic rings. The van der Waals surface area contributed by atoms with Crippen molar-refractivity contribution < 1.29 is 0 Å². The van der Waals surface area contributed by atoms with Crippen LogP contribution in [0.25, 0.3) is 0 Å². The molecule has 1 atom stereocenters. The molecule has 0 fully saturated rings. The van der Waals surface area contributed by atoms with Crippen molar-refractivity contribution in [3.05, 3.63) is 33.3 Å². The Morgan fingerprint density at radius 1 is 1.35 bits per heavy atom. The van der Waals surface area contributed by atoms with Crippen molar-refractivity contribution in [2.75, 3.05) is 6.54 Å². The maximum absolute atomic E-state index is 6.34. The molecule has 1 aromatic carbocycles. The van der Waals surface area contributed by atoms with Crippen LogP contribution in [0.4, 0.5) is 0 Å². The first-order chi connectivity index (χ1) is 8.15. The van der Waals surface area contributed by atoms with Gasteiger partial charge < -0.3 is 5.32 Å². The highest BCUT2D eigenvalue weighted by Gasteiger charge is 2.22. The van der Waals surface area contributed by atoms with Crippen LogP contribution in [-0.4, -0.2) is 6.54 Å². The zero-order valence-corrected chi connectivity index (χ0v) is 11.8. The summed E-state index contributed by atoms with van der Waals surface area (Å²) in [6, 6.07) is 2.62. The summed E-state index contributed by atoms with van der Waals surface area (Å²) in [5.74, 6) is 0. The molecule has 0 spiro atoms. The Hall–Kier alpha value is -0.530. The highest BCUT2D eigenvalue weighted by atomic mass is 35.5. The van der Waals surface area contributed by atoms with Gasteiger partial charge in [-0.1, -0.05) is 24.9 Å². The predicted octanol–water partition coefficient (Wildman–Crippen LogP) is 4.33. The lowest BCUT2D eigenvalue weighted by molar-refractivity contribution is 0.502. The van der Waals surface area contributed by atoms with Crippen molar-refractivity contribution in [3.8, 4) is 0 Å². The molecule has 2 heteroatoms. The zero-order valence-electron chi connectivity index (χ0n) is 11.1. The van der Waals surface area contributed by atoms with Crippen LogP contribution in [-0.2, 0) is 6.42 Å². The quantitative estimate of drug-likeness (QED) is 0.772. The molecule has 1 aliphatic rings. The van der Waals surface area contributed by atoms with Gasteiger partial charge in [-0.15, -0.1) is 0 Å². The number of rotatable bonds is 2. The second-order valence-corrected chi connectivity index (χ2v) is 5.46. The van der Waals surface area contributed by atoms with Crippen LogP contribution in [0, 0.1) is 13.8 Å². The molecule has 0 amide bonds. The van der Waals surface area contributed by atoms with Crippen LogP contribution in [0.15, 0.2) is 6.07 Å². The molecule has 0 heterocycles. The molecule has 1 nitrogen and oxygen atoms in total. The topological polar surface area (TPSA) is 12.0 Å². The Morgan fingerprint density at radius 2 is 2.12 bits per heavy atom. The van der Waals surface area contributed by atoms with Gasteiger partial charge in [0.15, 0.2) is 0 Å². The number of halogens is 1. The molecule has 0 aliphatic heterocycles. The van der Waals surface area contributed by atoms with E-state index >= 15 is 0 Å². The highest BCUT2D eigenvalue weighted by Crippen LogP contribution is 2.36. The molecular formula is C15H22ClN. The Balaban J connectivity index is 2.54. The molecule has 1 unspecified atom stereocenters. The van der Waals surface area contributed by atoms with Crippen LogP contribution in [0.1, 0.15) is 54.5 Å². The molecule has 0 aromatic heterocycles. The van der Waals surface area contributed by atoms with Gasteiger partial charge in [0, 0.05) is 11.1 Å². The highest BCUT2D eigenvalue weighted by molar-refractivity contribution is 6.31. The molecule has 0 bridgehead atoms. The van der Waals surface area contributed by atoms with Crippen LogP contribution in [0.2, 0.25) is 5.02 Å². The van der Waals surface area contributed by atoms with Crippen molar-refractivity contribution in [3.63, 3.8) is 0 Å². The summed E-state index contributed by atoms with van der Waals surface area (Å²) >= 11 is 6.34. The van der Waals surface area contributed by atoms with Gasteiger partial charge in [-0.25, -0.2) is 0 Å². The lowest BCUT2D eigenvalue weighted by Crippen LogP contribution is -2.22. The van der Waals surface area contributed by atoms with Crippen LogP contribution in [0.5, 0.6) is 0 Å². The van der Waals surface area contributed by atoms with E-state index in [9.17, 15) is 0 Å². The third-order valence-electron chi connectivity index (χ3n) is 3.88. The van der Waals surface area contributed by atoms with Gasteiger partial charge >= 0.3 is 0 Å². The largest absolute Gasteiger partial charge is 0.310 e. The van der Waals surface area contributed by atoms with Crippen molar-refractivity contribution in [1.82, 2.24) is 5.32 Å².